The molecule has 0 aliphatic heterocycles. The van der Waals surface area contributed by atoms with Gasteiger partial charge in [-0.2, -0.15) is 4.31 Å². The highest BCUT2D eigenvalue weighted by atomic mass is 32.2. The van der Waals surface area contributed by atoms with Gasteiger partial charge in [0.1, 0.15) is 5.60 Å². The zero-order valence-corrected chi connectivity index (χ0v) is 17.9. The van der Waals surface area contributed by atoms with E-state index in [-0.39, 0.29) is 29.5 Å². The van der Waals surface area contributed by atoms with Gasteiger partial charge in [0, 0.05) is 0 Å². The van der Waals surface area contributed by atoms with Crippen LogP contribution in [-0.4, -0.2) is 67.2 Å². The molecule has 0 heterocycles. The molecule has 1 atom stereocenters. The van der Waals surface area contributed by atoms with Crippen molar-refractivity contribution in [3.8, 4) is 23.7 Å². The number of carbonyl (C=O) groups excluding carboxylic acids is 1. The van der Waals surface area contributed by atoms with E-state index in [1.54, 1.807) is 18.2 Å². The summed E-state index contributed by atoms with van der Waals surface area (Å²) < 4.78 is 36.7. The third-order valence-corrected chi connectivity index (χ3v) is 5.84. The van der Waals surface area contributed by atoms with Crippen LogP contribution in [0.3, 0.4) is 0 Å². The van der Waals surface area contributed by atoms with Gasteiger partial charge in [0.05, 0.1) is 32.2 Å². The van der Waals surface area contributed by atoms with Crippen LogP contribution in [0.4, 0.5) is 0 Å². The second kappa shape index (κ2) is 8.90. The minimum atomic E-state index is -3.96. The van der Waals surface area contributed by atoms with Crippen molar-refractivity contribution in [1.82, 2.24) is 4.31 Å². The number of benzene rings is 1. The van der Waals surface area contributed by atoms with Crippen LogP contribution >= 0.6 is 0 Å². The molecule has 2 rings (SSSR count). The van der Waals surface area contributed by atoms with Crippen LogP contribution in [0.1, 0.15) is 13.8 Å². The number of rotatable bonds is 6. The van der Waals surface area contributed by atoms with E-state index in [0.717, 1.165) is 4.31 Å². The fourth-order valence-electron chi connectivity index (χ4n) is 2.58. The number of ether oxygens (including phenoxy) is 2. The highest BCUT2D eigenvalue weighted by Crippen LogP contribution is 2.35. The Bertz CT molecular complexity index is 1060. The lowest BCUT2D eigenvalue weighted by Crippen LogP contribution is -2.51. The molecule has 1 unspecified atom stereocenters. The van der Waals surface area contributed by atoms with Gasteiger partial charge >= 0.3 is 0 Å². The molecule has 0 amide bonds. The Morgan fingerprint density at radius 2 is 1.70 bits per heavy atom. The third-order valence-electron chi connectivity index (χ3n) is 4.03. The fourth-order valence-corrected chi connectivity index (χ4v) is 3.85. The predicted octanol–water partition coefficient (Wildman–Crippen LogP) is 0.273. The first-order chi connectivity index (χ1) is 14.0. The lowest BCUT2D eigenvalue weighted by Gasteiger charge is -2.32. The Balaban J connectivity index is 2.34. The highest BCUT2D eigenvalue weighted by Gasteiger charge is 2.55. The molecular weight excluding hydrogens is 410 g/mol. The largest absolute Gasteiger partial charge is 0.493 e. The van der Waals surface area contributed by atoms with Gasteiger partial charge in [-0.15, -0.1) is 0 Å². The molecule has 0 radical (unpaired) electrons. The molecule has 0 aromatic heterocycles. The summed E-state index contributed by atoms with van der Waals surface area (Å²) in [5.74, 6) is 8.99. The molecule has 1 aliphatic rings. The molecule has 2 N–H and O–H groups in total. The fraction of sp³-hybridized carbons (Fsp3) is 0.381. The van der Waals surface area contributed by atoms with E-state index in [9.17, 15) is 23.4 Å². The molecule has 0 bridgehead atoms. The molecule has 0 fully saturated rings. The average Bonchev–Trinajstić information content (AvgIpc) is 2.69. The zero-order valence-electron chi connectivity index (χ0n) is 17.1. The number of Topliss-reactive ketones (excluding diaryl/α,β-unsaturated/α-hetero) is 1. The van der Waals surface area contributed by atoms with Gasteiger partial charge in [0.15, 0.2) is 5.76 Å². The summed E-state index contributed by atoms with van der Waals surface area (Å²) >= 11 is 0. The second-order valence-corrected chi connectivity index (χ2v) is 8.79. The van der Waals surface area contributed by atoms with Crippen molar-refractivity contribution < 1.29 is 32.9 Å². The Kier molecular flexibility index (Phi) is 6.96. The number of methoxy groups -OCH3 is 2. The summed E-state index contributed by atoms with van der Waals surface area (Å²) in [4.78, 5) is 12.1. The first-order valence-electron chi connectivity index (χ1n) is 8.85. The highest BCUT2D eigenvalue weighted by molar-refractivity contribution is 7.89. The predicted molar refractivity (Wildman–Crippen MR) is 108 cm³/mol. The maximum atomic E-state index is 13.0. The summed E-state index contributed by atoms with van der Waals surface area (Å²) in [6.07, 6.45) is 0. The zero-order chi connectivity index (χ0) is 22.6. The van der Waals surface area contributed by atoms with Gasteiger partial charge in [0.25, 0.3) is 11.4 Å². The molecule has 0 spiro atoms. The van der Waals surface area contributed by atoms with E-state index in [4.69, 9.17) is 9.47 Å². The van der Waals surface area contributed by atoms with Crippen LogP contribution in [0.25, 0.3) is 0 Å². The minimum absolute atomic E-state index is 0.0365. The van der Waals surface area contributed by atoms with Crippen LogP contribution in [-0.2, 0) is 24.3 Å². The second-order valence-electron chi connectivity index (χ2n) is 6.85. The van der Waals surface area contributed by atoms with Crippen molar-refractivity contribution in [2.75, 3.05) is 27.3 Å². The van der Waals surface area contributed by atoms with Crippen molar-refractivity contribution in [3.05, 3.63) is 41.9 Å². The van der Waals surface area contributed by atoms with Crippen molar-refractivity contribution in [3.63, 3.8) is 0 Å². The molecule has 0 saturated carbocycles. The third kappa shape index (κ3) is 4.84. The number of ketones is 1. The van der Waals surface area contributed by atoms with Gasteiger partial charge in [-0.25, -0.2) is 8.42 Å². The molecule has 1 aromatic rings. The number of sulfonamides is 1. The van der Waals surface area contributed by atoms with Crippen molar-refractivity contribution in [2.45, 2.75) is 29.9 Å². The first-order valence-corrected chi connectivity index (χ1v) is 10.3. The molecule has 9 heteroatoms. The number of carbonyl (C=O) groups is 1. The van der Waals surface area contributed by atoms with Crippen molar-refractivity contribution in [2.24, 2.45) is 0 Å². The Hall–Kier alpha value is -2.82. The van der Waals surface area contributed by atoms with Gasteiger partial charge in [0.2, 0.25) is 15.8 Å². The van der Waals surface area contributed by atoms with Gasteiger partial charge in [-0.1, -0.05) is 36.0 Å². The van der Waals surface area contributed by atoms with E-state index in [1.807, 2.05) is 0 Å². The quantitative estimate of drug-likeness (QED) is 0.619. The summed E-state index contributed by atoms with van der Waals surface area (Å²) in [5, 5.41) is 20.2. The van der Waals surface area contributed by atoms with Crippen molar-refractivity contribution >= 4 is 15.8 Å². The smallest absolute Gasteiger partial charge is 0.254 e. The summed E-state index contributed by atoms with van der Waals surface area (Å²) in [7, 11) is -1.45. The number of nitrogens with zero attached hydrogens (tertiary/aromatic N) is 1. The topological polar surface area (TPSA) is 113 Å². The number of hydrogen-bond donors (Lipinski definition) is 2. The van der Waals surface area contributed by atoms with Crippen LogP contribution in [0.2, 0.25) is 0 Å². The first kappa shape index (κ1) is 23.5. The Morgan fingerprint density at radius 1 is 1.10 bits per heavy atom. The summed E-state index contributed by atoms with van der Waals surface area (Å²) in [5.41, 5.74) is -3.49. The maximum absolute atomic E-state index is 13.0. The molecule has 1 aromatic carbocycles. The minimum Gasteiger partial charge on any atom is -0.493 e. The van der Waals surface area contributed by atoms with Crippen LogP contribution in [0.15, 0.2) is 46.7 Å². The molecule has 30 heavy (non-hydrogen) atoms. The van der Waals surface area contributed by atoms with Crippen LogP contribution in [0.5, 0.6) is 0 Å². The summed E-state index contributed by atoms with van der Waals surface area (Å²) in [6, 6.07) is 7.70. The monoisotopic (exact) mass is 433 g/mol. The van der Waals surface area contributed by atoms with E-state index in [1.165, 1.54) is 40.2 Å². The van der Waals surface area contributed by atoms with Crippen LogP contribution < -0.4 is 0 Å². The number of hydrogen-bond acceptors (Lipinski definition) is 7. The SMILES string of the molecule is COC1=C(OC)C(O)(C#CCN(CC#CC(C)(C)O)S(=O)(=O)c2ccccc2)C1=O. The standard InChI is InChI=1S/C21H23NO7S/c1-20(2,24)12-8-14-22(30(26,27)16-10-6-5-7-11-16)15-9-13-21(25)18(23)17(28-3)19(21)29-4/h5-7,10-11,24-25H,14-15H2,1-4H3. The van der Waals surface area contributed by atoms with Gasteiger partial charge in [-0.3, -0.25) is 4.79 Å². The molecule has 160 valence electrons. The molecule has 8 nitrogen and oxygen atoms in total. The van der Waals surface area contributed by atoms with Crippen LogP contribution in [0, 0.1) is 23.7 Å². The average molecular weight is 433 g/mol. The Labute approximate surface area is 176 Å². The van der Waals surface area contributed by atoms with Gasteiger partial charge in [-0.05, 0) is 31.9 Å². The van der Waals surface area contributed by atoms with E-state index in [2.05, 4.69) is 23.7 Å². The molecular formula is C21H23NO7S. The lowest BCUT2D eigenvalue weighted by atomic mass is 9.83. The normalized spacial score (nSPS) is 18.7. The maximum Gasteiger partial charge on any atom is 0.254 e. The van der Waals surface area contributed by atoms with E-state index in [0.29, 0.717) is 0 Å². The number of aliphatic hydroxyl groups is 2. The molecule has 0 saturated heterocycles. The molecule has 1 aliphatic carbocycles. The van der Waals surface area contributed by atoms with Crippen molar-refractivity contribution in [1.29, 1.82) is 0 Å². The summed E-state index contributed by atoms with van der Waals surface area (Å²) in [6.45, 7) is 2.34. The van der Waals surface area contributed by atoms with E-state index < -0.39 is 27.0 Å². The van der Waals surface area contributed by atoms with E-state index >= 15 is 0 Å². The Morgan fingerprint density at radius 3 is 2.23 bits per heavy atom. The lowest BCUT2D eigenvalue weighted by molar-refractivity contribution is -0.138. The van der Waals surface area contributed by atoms with Gasteiger partial charge < -0.3 is 19.7 Å².